The minimum atomic E-state index is -0.537. The van der Waals surface area contributed by atoms with Crippen molar-refractivity contribution in [2.75, 3.05) is 13.1 Å². The number of likely N-dealkylation sites (tertiary alicyclic amines) is 1. The molecule has 3 rings (SSSR count). The molecule has 0 unspecified atom stereocenters. The Hall–Kier alpha value is -1.24. The summed E-state index contributed by atoms with van der Waals surface area (Å²) in [6.07, 6.45) is 3.74. The number of aliphatic hydroxyl groups excluding tert-OH is 1. The maximum atomic E-state index is 9.50. The summed E-state index contributed by atoms with van der Waals surface area (Å²) in [4.78, 5) is 4.05. The number of aromatic nitrogens is 3. The summed E-state index contributed by atoms with van der Waals surface area (Å²) in [5.74, 6) is 0.657. The molecule has 1 atom stereocenters. The lowest BCUT2D eigenvalue weighted by molar-refractivity contribution is 0.165. The normalized spacial score (nSPS) is 18.7. The quantitative estimate of drug-likeness (QED) is 0.920. The third-order valence-electron chi connectivity index (χ3n) is 4.47. The molecule has 0 amide bonds. The Morgan fingerprint density at radius 2 is 2.18 bits per heavy atom. The van der Waals surface area contributed by atoms with Gasteiger partial charge in [-0.25, -0.2) is 0 Å². The van der Waals surface area contributed by atoms with Crippen LogP contribution < -0.4 is 0 Å². The SMILES string of the molecule is Cc1ccsc1CN1CCC(Cn2cc([C@@H](C)O)nn2)CC1. The fraction of sp³-hybridized carbons (Fsp3) is 0.625. The van der Waals surface area contributed by atoms with Crippen LogP contribution in [0.15, 0.2) is 17.6 Å². The van der Waals surface area contributed by atoms with E-state index in [0.717, 1.165) is 26.2 Å². The van der Waals surface area contributed by atoms with Gasteiger partial charge in [-0.05, 0) is 62.7 Å². The first-order valence-electron chi connectivity index (χ1n) is 7.95. The standard InChI is InChI=1S/C16H24N4OS/c1-12-5-8-22-16(12)11-19-6-3-14(4-7-19)9-20-10-15(13(2)21)17-18-20/h5,8,10,13-14,21H,3-4,6-7,9,11H2,1-2H3/t13-/m1/s1. The zero-order valence-corrected chi connectivity index (χ0v) is 14.1. The first kappa shape index (κ1) is 15.6. The first-order valence-corrected chi connectivity index (χ1v) is 8.83. The van der Waals surface area contributed by atoms with Gasteiger partial charge in [0.05, 0.1) is 12.3 Å². The third-order valence-corrected chi connectivity index (χ3v) is 5.48. The van der Waals surface area contributed by atoms with Crippen molar-refractivity contribution in [3.05, 3.63) is 33.8 Å². The Balaban J connectivity index is 1.48. The number of hydrogen-bond donors (Lipinski definition) is 1. The minimum absolute atomic E-state index is 0.537. The number of rotatable bonds is 5. The van der Waals surface area contributed by atoms with E-state index >= 15 is 0 Å². The zero-order valence-electron chi connectivity index (χ0n) is 13.3. The van der Waals surface area contributed by atoms with Crippen molar-refractivity contribution >= 4 is 11.3 Å². The molecule has 6 heteroatoms. The molecule has 3 heterocycles. The molecule has 0 spiro atoms. The smallest absolute Gasteiger partial charge is 0.111 e. The van der Waals surface area contributed by atoms with Crippen LogP contribution in [0.4, 0.5) is 0 Å². The molecule has 0 radical (unpaired) electrons. The predicted octanol–water partition coefficient (Wildman–Crippen LogP) is 2.61. The van der Waals surface area contributed by atoms with Crippen LogP contribution in [0.25, 0.3) is 0 Å². The van der Waals surface area contributed by atoms with Gasteiger partial charge in [0, 0.05) is 18.0 Å². The second-order valence-electron chi connectivity index (χ2n) is 6.29. The van der Waals surface area contributed by atoms with E-state index in [2.05, 4.69) is 33.6 Å². The number of thiophene rings is 1. The molecule has 22 heavy (non-hydrogen) atoms. The summed E-state index contributed by atoms with van der Waals surface area (Å²) in [6, 6.07) is 2.21. The van der Waals surface area contributed by atoms with Crippen molar-refractivity contribution in [3.63, 3.8) is 0 Å². The molecule has 1 fully saturated rings. The van der Waals surface area contributed by atoms with Crippen molar-refractivity contribution in [2.24, 2.45) is 5.92 Å². The highest BCUT2D eigenvalue weighted by molar-refractivity contribution is 7.10. The van der Waals surface area contributed by atoms with E-state index in [-0.39, 0.29) is 0 Å². The molecule has 5 nitrogen and oxygen atoms in total. The average Bonchev–Trinajstić information content (AvgIpc) is 3.11. The molecular weight excluding hydrogens is 296 g/mol. The highest BCUT2D eigenvalue weighted by atomic mass is 32.1. The molecule has 0 saturated carbocycles. The van der Waals surface area contributed by atoms with Gasteiger partial charge in [-0.15, -0.1) is 16.4 Å². The molecule has 0 aliphatic carbocycles. The third kappa shape index (κ3) is 3.74. The van der Waals surface area contributed by atoms with Crippen molar-refractivity contribution < 1.29 is 5.11 Å². The van der Waals surface area contributed by atoms with E-state index < -0.39 is 6.10 Å². The van der Waals surface area contributed by atoms with Crippen LogP contribution in [0, 0.1) is 12.8 Å². The van der Waals surface area contributed by atoms with Gasteiger partial charge in [-0.2, -0.15) is 0 Å². The van der Waals surface area contributed by atoms with Gasteiger partial charge in [0.15, 0.2) is 0 Å². The highest BCUT2D eigenvalue weighted by Gasteiger charge is 2.21. The fourth-order valence-corrected chi connectivity index (χ4v) is 3.90. The van der Waals surface area contributed by atoms with Crippen molar-refractivity contribution in [2.45, 2.75) is 45.9 Å². The summed E-state index contributed by atoms with van der Waals surface area (Å²) in [5.41, 5.74) is 2.07. The average molecular weight is 320 g/mol. The first-order chi connectivity index (χ1) is 10.6. The number of hydrogen-bond acceptors (Lipinski definition) is 5. The second kappa shape index (κ2) is 6.89. The van der Waals surface area contributed by atoms with Gasteiger partial charge >= 0.3 is 0 Å². The van der Waals surface area contributed by atoms with Gasteiger partial charge in [0.2, 0.25) is 0 Å². The summed E-state index contributed by atoms with van der Waals surface area (Å²) in [6.45, 7) is 8.22. The summed E-state index contributed by atoms with van der Waals surface area (Å²) < 4.78 is 1.88. The lowest BCUT2D eigenvalue weighted by Crippen LogP contribution is -2.34. The van der Waals surface area contributed by atoms with Crippen molar-refractivity contribution in [3.8, 4) is 0 Å². The van der Waals surface area contributed by atoms with E-state index in [0.29, 0.717) is 11.6 Å². The molecular formula is C16H24N4OS. The maximum Gasteiger partial charge on any atom is 0.111 e. The Bertz CT molecular complexity index is 599. The fourth-order valence-electron chi connectivity index (χ4n) is 2.95. The summed E-state index contributed by atoms with van der Waals surface area (Å²) in [5, 5.41) is 19.8. The molecule has 0 bridgehead atoms. The van der Waals surface area contributed by atoms with Crippen molar-refractivity contribution in [1.29, 1.82) is 0 Å². The molecule has 0 aromatic carbocycles. The molecule has 2 aromatic heterocycles. The van der Waals surface area contributed by atoms with E-state index in [1.54, 1.807) is 6.92 Å². The second-order valence-corrected chi connectivity index (χ2v) is 7.29. The molecule has 1 aliphatic rings. The minimum Gasteiger partial charge on any atom is -0.387 e. The van der Waals surface area contributed by atoms with Crippen LogP contribution in [0.3, 0.4) is 0 Å². The lowest BCUT2D eigenvalue weighted by atomic mass is 9.97. The van der Waals surface area contributed by atoms with E-state index in [9.17, 15) is 5.11 Å². The highest BCUT2D eigenvalue weighted by Crippen LogP contribution is 2.23. The molecule has 2 aromatic rings. The van der Waals surface area contributed by atoms with Crippen LogP contribution in [0.2, 0.25) is 0 Å². The Kier molecular flexibility index (Phi) is 4.90. The zero-order chi connectivity index (χ0) is 15.5. The number of nitrogens with zero attached hydrogens (tertiary/aromatic N) is 4. The predicted molar refractivity (Wildman–Crippen MR) is 87.7 cm³/mol. The summed E-state index contributed by atoms with van der Waals surface area (Å²) >= 11 is 1.86. The number of piperidine rings is 1. The van der Waals surface area contributed by atoms with Crippen LogP contribution in [0.1, 0.15) is 42.0 Å². The largest absolute Gasteiger partial charge is 0.387 e. The molecule has 1 aliphatic heterocycles. The maximum absolute atomic E-state index is 9.50. The molecule has 1 saturated heterocycles. The number of aliphatic hydroxyl groups is 1. The van der Waals surface area contributed by atoms with Crippen LogP contribution in [-0.2, 0) is 13.1 Å². The van der Waals surface area contributed by atoms with E-state index in [1.807, 2.05) is 22.2 Å². The molecule has 120 valence electrons. The van der Waals surface area contributed by atoms with Gasteiger partial charge in [0.25, 0.3) is 0 Å². The van der Waals surface area contributed by atoms with Gasteiger partial charge < -0.3 is 5.11 Å². The van der Waals surface area contributed by atoms with Crippen LogP contribution in [-0.4, -0.2) is 38.1 Å². The number of aryl methyl sites for hydroxylation is 1. The summed E-state index contributed by atoms with van der Waals surface area (Å²) in [7, 11) is 0. The van der Waals surface area contributed by atoms with Crippen LogP contribution in [0.5, 0.6) is 0 Å². The molecule has 1 N–H and O–H groups in total. The van der Waals surface area contributed by atoms with Gasteiger partial charge in [0.1, 0.15) is 5.69 Å². The van der Waals surface area contributed by atoms with E-state index in [1.165, 1.54) is 23.3 Å². The monoisotopic (exact) mass is 320 g/mol. The van der Waals surface area contributed by atoms with Gasteiger partial charge in [-0.1, -0.05) is 5.21 Å². The Morgan fingerprint density at radius 3 is 2.77 bits per heavy atom. The van der Waals surface area contributed by atoms with Crippen LogP contribution >= 0.6 is 11.3 Å². The lowest BCUT2D eigenvalue weighted by Gasteiger charge is -2.31. The Morgan fingerprint density at radius 1 is 1.41 bits per heavy atom. The van der Waals surface area contributed by atoms with Crippen molar-refractivity contribution in [1.82, 2.24) is 19.9 Å². The Labute approximate surface area is 135 Å². The topological polar surface area (TPSA) is 54.2 Å². The van der Waals surface area contributed by atoms with Gasteiger partial charge in [-0.3, -0.25) is 9.58 Å². The van der Waals surface area contributed by atoms with E-state index in [4.69, 9.17) is 0 Å².